The average molecular weight is 636 g/mol. The van der Waals surface area contributed by atoms with Crippen LogP contribution in [0.4, 0.5) is 0 Å². The van der Waals surface area contributed by atoms with Gasteiger partial charge in [-0.3, -0.25) is 19.2 Å². The Kier molecular flexibility index (Phi) is 18.6. The van der Waals surface area contributed by atoms with Gasteiger partial charge in [0.1, 0.15) is 17.2 Å². The first-order valence-electron chi connectivity index (χ1n) is 16.3. The normalized spacial score (nSPS) is 10.6. The first kappa shape index (κ1) is 39.8. The summed E-state index contributed by atoms with van der Waals surface area (Å²) in [6, 6.07) is 12.7. The third-order valence-corrected chi connectivity index (χ3v) is 6.83. The Bertz CT molecular complexity index is 1560. The third-order valence-electron chi connectivity index (χ3n) is 6.83. The van der Waals surface area contributed by atoms with E-state index in [0.717, 1.165) is 74.9 Å². The van der Waals surface area contributed by atoms with Crippen LogP contribution in [-0.2, 0) is 41.8 Å². The number of carbonyl (C=O) groups excluding carboxylic acids is 1. The molecule has 0 bridgehead atoms. The monoisotopic (exact) mass is 635 g/mol. The fourth-order valence-corrected chi connectivity index (χ4v) is 4.22. The number of nitriles is 1. The summed E-state index contributed by atoms with van der Waals surface area (Å²) in [4.78, 5) is 54.3. The number of nitrogens with two attached hydrogens (primary N) is 1. The molecule has 10 nitrogen and oxygen atoms in total. The Labute approximate surface area is 272 Å². The number of esters is 1. The summed E-state index contributed by atoms with van der Waals surface area (Å²) in [6.07, 6.45) is 9.91. The van der Waals surface area contributed by atoms with E-state index in [9.17, 15) is 19.2 Å². The minimum atomic E-state index is -0.479. The molecule has 0 aromatic carbocycles. The van der Waals surface area contributed by atoms with Crippen LogP contribution in [0, 0.1) is 11.3 Å². The number of nitrogens with zero attached hydrogens (tertiary/aromatic N) is 1. The first-order chi connectivity index (χ1) is 21.9. The molecule has 0 aliphatic carbocycles. The molecule has 0 amide bonds. The van der Waals surface area contributed by atoms with Crippen molar-refractivity contribution in [2.24, 2.45) is 5.73 Å². The number of aromatic nitrogens is 3. The molecule has 3 rings (SSSR count). The van der Waals surface area contributed by atoms with Gasteiger partial charge in [-0.1, -0.05) is 52.2 Å². The van der Waals surface area contributed by atoms with Crippen molar-refractivity contribution in [3.63, 3.8) is 0 Å². The smallest absolute Gasteiger partial charge is 0.306 e. The van der Waals surface area contributed by atoms with Gasteiger partial charge in [-0.05, 0) is 90.0 Å². The van der Waals surface area contributed by atoms with Crippen molar-refractivity contribution in [1.82, 2.24) is 15.0 Å². The number of nitrogens with one attached hydrogen (secondary N) is 3. The quantitative estimate of drug-likeness (QED) is 0.173. The molecular formula is C36H53N5O5. The zero-order valence-corrected chi connectivity index (χ0v) is 28.5. The Hall–Kier alpha value is -4.23. The third kappa shape index (κ3) is 16.2. The number of rotatable bonds is 13. The molecule has 3 heterocycles. The van der Waals surface area contributed by atoms with Crippen LogP contribution in [0.2, 0.25) is 0 Å². The molecule has 46 heavy (non-hydrogen) atoms. The van der Waals surface area contributed by atoms with Crippen molar-refractivity contribution in [2.45, 2.75) is 124 Å². The number of carbonyl (C=O) groups is 1. The second-order valence-electron chi connectivity index (χ2n) is 12.1. The zero-order chi connectivity index (χ0) is 34.5. The van der Waals surface area contributed by atoms with Crippen molar-refractivity contribution in [2.75, 3.05) is 0 Å². The molecule has 0 radical (unpaired) electrons. The van der Waals surface area contributed by atoms with Crippen LogP contribution in [0.1, 0.15) is 120 Å². The Morgan fingerprint density at radius 2 is 1.15 bits per heavy atom. The first-order valence-corrected chi connectivity index (χ1v) is 16.3. The fraction of sp³-hybridized carbons (Fsp3) is 0.528. The summed E-state index contributed by atoms with van der Waals surface area (Å²) < 4.78 is 5.22. The van der Waals surface area contributed by atoms with Gasteiger partial charge in [0.15, 0.2) is 0 Å². The number of H-pyrrole nitrogens is 3. The fourth-order valence-electron chi connectivity index (χ4n) is 4.22. The van der Waals surface area contributed by atoms with Gasteiger partial charge in [0, 0.05) is 41.2 Å². The maximum absolute atomic E-state index is 11.9. The number of ether oxygens (including phenoxy) is 1. The van der Waals surface area contributed by atoms with Crippen molar-refractivity contribution in [3.05, 3.63) is 101 Å². The van der Waals surface area contributed by atoms with Crippen LogP contribution in [0.25, 0.3) is 0 Å². The Morgan fingerprint density at radius 1 is 0.717 bits per heavy atom. The highest BCUT2D eigenvalue weighted by Gasteiger charge is 2.16. The number of hydrogen-bond acceptors (Lipinski definition) is 7. The maximum atomic E-state index is 11.9. The van der Waals surface area contributed by atoms with Crippen LogP contribution in [0.15, 0.2) is 50.8 Å². The van der Waals surface area contributed by atoms with Gasteiger partial charge in [0.2, 0.25) is 0 Å². The predicted octanol–water partition coefficient (Wildman–Crippen LogP) is 5.76. The minimum Gasteiger partial charge on any atom is -0.460 e. The lowest BCUT2D eigenvalue weighted by atomic mass is 10.1. The SMILES string of the molecule is CCCCc1ccc(C#N)c(=O)[nH]1.CCCCc1ccc(CCC(=O)OC(C)(C)C)c(=O)[nH]1.CCCCc1ccc(CN)c(=O)[nH]1. The van der Waals surface area contributed by atoms with Gasteiger partial charge in [0.05, 0.1) is 0 Å². The van der Waals surface area contributed by atoms with Crippen molar-refractivity contribution in [3.8, 4) is 6.07 Å². The van der Waals surface area contributed by atoms with Crippen molar-refractivity contribution in [1.29, 1.82) is 5.26 Å². The van der Waals surface area contributed by atoms with Gasteiger partial charge in [-0.2, -0.15) is 5.26 Å². The van der Waals surface area contributed by atoms with Crippen molar-refractivity contribution < 1.29 is 9.53 Å². The van der Waals surface area contributed by atoms with Crippen LogP contribution in [-0.4, -0.2) is 26.5 Å². The number of aryl methyl sites for hydroxylation is 4. The Balaban J connectivity index is 0.000000358. The van der Waals surface area contributed by atoms with Gasteiger partial charge in [-0.25, -0.2) is 0 Å². The summed E-state index contributed by atoms with van der Waals surface area (Å²) in [5, 5.41) is 8.52. The molecule has 3 aromatic rings. The molecule has 0 fully saturated rings. The summed E-state index contributed by atoms with van der Waals surface area (Å²) in [5.74, 6) is -0.271. The second kappa shape index (κ2) is 21.5. The minimum absolute atomic E-state index is 0.0453. The van der Waals surface area contributed by atoms with Gasteiger partial charge >= 0.3 is 5.97 Å². The van der Waals surface area contributed by atoms with Gasteiger partial charge in [0.25, 0.3) is 16.7 Å². The van der Waals surface area contributed by atoms with E-state index in [2.05, 4.69) is 35.7 Å². The highest BCUT2D eigenvalue weighted by atomic mass is 16.6. The van der Waals surface area contributed by atoms with E-state index in [1.54, 1.807) is 12.1 Å². The average Bonchev–Trinajstić information content (AvgIpc) is 3.01. The highest BCUT2D eigenvalue weighted by Crippen LogP contribution is 2.10. The van der Waals surface area contributed by atoms with Crippen LogP contribution in [0.5, 0.6) is 0 Å². The van der Waals surface area contributed by atoms with Gasteiger partial charge < -0.3 is 25.4 Å². The zero-order valence-electron chi connectivity index (χ0n) is 28.5. The standard InChI is InChI=1S/C16H25NO3.C10H16N2O.C10H12N2O/c1-5-6-7-13-10-8-12(15(19)17-13)9-11-14(18)20-16(2,3)4;2*1-2-3-4-9-6-5-8(7-11)10(13)12-9/h8,10H,5-7,9,11H2,1-4H3,(H,17,19);5-6H,2-4,7,11H2,1H3,(H,12,13);5-6H,2-4H2,1H3,(H,12,13). The van der Waals surface area contributed by atoms with E-state index in [1.165, 1.54) is 0 Å². The largest absolute Gasteiger partial charge is 0.460 e. The summed E-state index contributed by atoms with van der Waals surface area (Å²) in [7, 11) is 0. The molecule has 5 N–H and O–H groups in total. The van der Waals surface area contributed by atoms with E-state index in [1.807, 2.05) is 51.1 Å². The number of hydrogen-bond donors (Lipinski definition) is 4. The molecule has 0 saturated carbocycles. The van der Waals surface area contributed by atoms with Crippen LogP contribution < -0.4 is 22.4 Å². The molecule has 0 aliphatic rings. The predicted molar refractivity (Wildman–Crippen MR) is 184 cm³/mol. The molecule has 10 heteroatoms. The summed E-state index contributed by atoms with van der Waals surface area (Å²) >= 11 is 0. The highest BCUT2D eigenvalue weighted by molar-refractivity contribution is 5.70. The lowest BCUT2D eigenvalue weighted by molar-refractivity contribution is -0.154. The van der Waals surface area contributed by atoms with E-state index >= 15 is 0 Å². The summed E-state index contributed by atoms with van der Waals surface area (Å²) in [5.41, 5.74) is 8.82. The molecule has 0 saturated heterocycles. The topological polar surface area (TPSA) is 175 Å². The van der Waals surface area contributed by atoms with Crippen LogP contribution >= 0.6 is 0 Å². The number of aromatic amines is 3. The molecule has 0 unspecified atom stereocenters. The maximum Gasteiger partial charge on any atom is 0.306 e. The second-order valence-corrected chi connectivity index (χ2v) is 12.1. The Morgan fingerprint density at radius 3 is 1.52 bits per heavy atom. The van der Waals surface area contributed by atoms with Gasteiger partial charge in [-0.15, -0.1) is 0 Å². The lowest BCUT2D eigenvalue weighted by Gasteiger charge is -2.19. The van der Waals surface area contributed by atoms with Crippen LogP contribution in [0.3, 0.4) is 0 Å². The lowest BCUT2D eigenvalue weighted by Crippen LogP contribution is -2.24. The molecule has 3 aromatic heterocycles. The molecule has 0 atom stereocenters. The molecule has 0 spiro atoms. The molecular weight excluding hydrogens is 582 g/mol. The number of unbranched alkanes of at least 4 members (excludes halogenated alkanes) is 3. The summed E-state index contributed by atoms with van der Waals surface area (Å²) in [6.45, 7) is 12.2. The number of pyridine rings is 3. The van der Waals surface area contributed by atoms with E-state index < -0.39 is 5.60 Å². The van der Waals surface area contributed by atoms with E-state index in [0.29, 0.717) is 24.1 Å². The van der Waals surface area contributed by atoms with Crippen molar-refractivity contribution >= 4 is 5.97 Å². The van der Waals surface area contributed by atoms with E-state index in [4.69, 9.17) is 15.7 Å². The molecule has 0 aliphatic heterocycles. The molecule has 252 valence electrons. The van der Waals surface area contributed by atoms with E-state index in [-0.39, 0.29) is 34.6 Å².